The minimum absolute atomic E-state index is 0.0109. The predicted octanol–water partition coefficient (Wildman–Crippen LogP) is 2.28. The number of nitrogens with one attached hydrogen (secondary N) is 2. The molecule has 1 aromatic rings. The predicted molar refractivity (Wildman–Crippen MR) is 79.0 cm³/mol. The van der Waals surface area contributed by atoms with Gasteiger partial charge in [0.15, 0.2) is 0 Å². The number of hydrogen-bond donors (Lipinski definition) is 2. The monoisotopic (exact) mass is 317 g/mol. The minimum atomic E-state index is -0.635. The second-order valence-electron chi connectivity index (χ2n) is 4.73. The highest BCUT2D eigenvalue weighted by atomic mass is 35.5. The molecule has 0 fully saturated rings. The maximum absolute atomic E-state index is 12.1. The number of pyridine rings is 1. The number of halogens is 2. The molecule has 0 aliphatic carbocycles. The molecule has 1 atom stereocenters. The fraction of sp³-hybridized carbons (Fsp3) is 0.462. The zero-order chi connectivity index (χ0) is 15.3. The molecule has 0 radical (unpaired) electrons. The van der Waals surface area contributed by atoms with Gasteiger partial charge in [0.25, 0.3) is 5.91 Å². The van der Waals surface area contributed by atoms with Crippen molar-refractivity contribution in [3.63, 3.8) is 0 Å². The van der Waals surface area contributed by atoms with Gasteiger partial charge in [0.05, 0.1) is 5.02 Å². The van der Waals surface area contributed by atoms with Crippen molar-refractivity contribution in [2.75, 3.05) is 7.05 Å². The van der Waals surface area contributed by atoms with Gasteiger partial charge in [0.2, 0.25) is 5.91 Å². The van der Waals surface area contributed by atoms with Crippen LogP contribution in [-0.2, 0) is 4.79 Å². The van der Waals surface area contributed by atoms with Gasteiger partial charge < -0.3 is 10.6 Å². The Kier molecular flexibility index (Phi) is 6.23. The lowest BCUT2D eigenvalue weighted by atomic mass is 10.0. The average molecular weight is 318 g/mol. The lowest BCUT2D eigenvalue weighted by Gasteiger charge is -2.19. The largest absolute Gasteiger partial charge is 0.357 e. The van der Waals surface area contributed by atoms with Crippen LogP contribution in [0.3, 0.4) is 0 Å². The van der Waals surface area contributed by atoms with Crippen LogP contribution in [0.4, 0.5) is 0 Å². The maximum Gasteiger partial charge on any atom is 0.272 e. The van der Waals surface area contributed by atoms with Crippen molar-refractivity contribution in [1.29, 1.82) is 0 Å². The maximum atomic E-state index is 12.1. The Morgan fingerprint density at radius 3 is 2.50 bits per heavy atom. The Bertz CT molecular complexity index is 506. The van der Waals surface area contributed by atoms with E-state index in [9.17, 15) is 9.59 Å². The highest BCUT2D eigenvalue weighted by Crippen LogP contribution is 2.17. The Hall–Kier alpha value is -1.33. The molecule has 0 aromatic carbocycles. The molecule has 5 nitrogen and oxygen atoms in total. The van der Waals surface area contributed by atoms with Crippen molar-refractivity contribution in [3.05, 3.63) is 28.0 Å². The van der Waals surface area contributed by atoms with Gasteiger partial charge in [0, 0.05) is 7.05 Å². The summed E-state index contributed by atoms with van der Waals surface area (Å²) in [7, 11) is 1.52. The normalized spacial score (nSPS) is 12.1. The highest BCUT2D eigenvalue weighted by Gasteiger charge is 2.23. The van der Waals surface area contributed by atoms with E-state index in [1.54, 1.807) is 0 Å². The van der Waals surface area contributed by atoms with E-state index in [2.05, 4.69) is 15.6 Å². The molecule has 1 heterocycles. The van der Waals surface area contributed by atoms with E-state index in [1.807, 2.05) is 13.8 Å². The van der Waals surface area contributed by atoms with Crippen molar-refractivity contribution in [1.82, 2.24) is 15.6 Å². The molecule has 110 valence electrons. The van der Waals surface area contributed by atoms with Gasteiger partial charge in [-0.1, -0.05) is 37.0 Å². The molecular formula is C13H17Cl2N3O2. The van der Waals surface area contributed by atoms with Crippen molar-refractivity contribution in [3.8, 4) is 0 Å². The summed E-state index contributed by atoms with van der Waals surface area (Å²) in [6, 6.07) is 2.35. The molecule has 7 heteroatoms. The van der Waals surface area contributed by atoms with Crippen LogP contribution in [0, 0.1) is 5.92 Å². The van der Waals surface area contributed by atoms with Crippen LogP contribution in [0.5, 0.6) is 0 Å². The van der Waals surface area contributed by atoms with Crippen LogP contribution in [-0.4, -0.2) is 29.9 Å². The van der Waals surface area contributed by atoms with E-state index in [0.717, 1.165) is 0 Å². The van der Waals surface area contributed by atoms with E-state index < -0.39 is 11.9 Å². The first-order chi connectivity index (χ1) is 9.35. The highest BCUT2D eigenvalue weighted by molar-refractivity contribution is 6.34. The van der Waals surface area contributed by atoms with Crippen LogP contribution in [0.2, 0.25) is 10.2 Å². The summed E-state index contributed by atoms with van der Waals surface area (Å²) in [6.07, 6.45) is 0.517. The molecule has 1 aromatic heterocycles. The van der Waals surface area contributed by atoms with Crippen LogP contribution >= 0.6 is 23.2 Å². The number of carbonyl (C=O) groups excluding carboxylic acids is 2. The SMILES string of the molecule is CNC(=O)C(CC(C)C)NC(=O)c1nc(Cl)ccc1Cl. The van der Waals surface area contributed by atoms with Crippen molar-refractivity contribution < 1.29 is 9.59 Å². The zero-order valence-electron chi connectivity index (χ0n) is 11.5. The fourth-order valence-corrected chi connectivity index (χ4v) is 2.02. The fourth-order valence-electron chi connectivity index (χ4n) is 1.68. The number of rotatable bonds is 5. The van der Waals surface area contributed by atoms with Gasteiger partial charge in [-0.2, -0.15) is 0 Å². The van der Waals surface area contributed by atoms with Crippen LogP contribution in [0.25, 0.3) is 0 Å². The van der Waals surface area contributed by atoms with Gasteiger partial charge in [-0.15, -0.1) is 0 Å². The topological polar surface area (TPSA) is 71.1 Å². The van der Waals surface area contributed by atoms with Gasteiger partial charge in [-0.3, -0.25) is 9.59 Å². The second kappa shape index (κ2) is 7.45. The quantitative estimate of drug-likeness (QED) is 0.818. The van der Waals surface area contributed by atoms with E-state index >= 15 is 0 Å². The third-order valence-electron chi connectivity index (χ3n) is 2.60. The molecule has 0 aliphatic rings. The number of hydrogen-bond acceptors (Lipinski definition) is 3. The van der Waals surface area contributed by atoms with Crippen molar-refractivity contribution >= 4 is 35.0 Å². The van der Waals surface area contributed by atoms with Gasteiger partial charge in [-0.25, -0.2) is 4.98 Å². The summed E-state index contributed by atoms with van der Waals surface area (Å²) >= 11 is 11.7. The molecule has 1 rings (SSSR count). The van der Waals surface area contributed by atoms with Crippen LogP contribution in [0.1, 0.15) is 30.8 Å². The first-order valence-corrected chi connectivity index (χ1v) is 6.95. The minimum Gasteiger partial charge on any atom is -0.357 e. The Balaban J connectivity index is 2.90. The average Bonchev–Trinajstić information content (AvgIpc) is 2.39. The third-order valence-corrected chi connectivity index (χ3v) is 3.12. The standard InChI is InChI=1S/C13H17Cl2N3O2/c1-7(2)6-9(12(19)16-3)17-13(20)11-8(14)4-5-10(15)18-11/h4-5,7,9H,6H2,1-3H3,(H,16,19)(H,17,20). The summed E-state index contributed by atoms with van der Waals surface area (Å²) in [4.78, 5) is 27.8. The Labute approximate surface area is 128 Å². The second-order valence-corrected chi connectivity index (χ2v) is 5.53. The molecule has 0 saturated carbocycles. The number of aromatic nitrogens is 1. The summed E-state index contributed by atoms with van der Waals surface area (Å²) in [5.74, 6) is -0.530. The van der Waals surface area contributed by atoms with Crippen LogP contribution in [0.15, 0.2) is 12.1 Å². The molecule has 0 spiro atoms. The number of likely N-dealkylation sites (N-methyl/N-ethyl adjacent to an activating group) is 1. The van der Waals surface area contributed by atoms with E-state index in [0.29, 0.717) is 6.42 Å². The lowest BCUT2D eigenvalue weighted by molar-refractivity contribution is -0.122. The molecule has 0 aliphatic heterocycles. The molecule has 1 unspecified atom stereocenters. The van der Waals surface area contributed by atoms with Gasteiger partial charge in [-0.05, 0) is 24.5 Å². The van der Waals surface area contributed by atoms with E-state index in [-0.39, 0.29) is 27.7 Å². The molecular weight excluding hydrogens is 301 g/mol. The van der Waals surface area contributed by atoms with Gasteiger partial charge in [0.1, 0.15) is 16.9 Å². The van der Waals surface area contributed by atoms with Crippen molar-refractivity contribution in [2.45, 2.75) is 26.3 Å². The zero-order valence-corrected chi connectivity index (χ0v) is 13.0. The third kappa shape index (κ3) is 4.65. The van der Waals surface area contributed by atoms with Crippen LogP contribution < -0.4 is 10.6 Å². The molecule has 2 N–H and O–H groups in total. The number of carbonyl (C=O) groups is 2. The van der Waals surface area contributed by atoms with E-state index in [1.165, 1.54) is 19.2 Å². The summed E-state index contributed by atoms with van der Waals surface area (Å²) < 4.78 is 0. The lowest BCUT2D eigenvalue weighted by Crippen LogP contribution is -2.46. The summed E-state index contributed by atoms with van der Waals surface area (Å²) in [5, 5.41) is 5.50. The molecule has 0 saturated heterocycles. The number of amides is 2. The smallest absolute Gasteiger partial charge is 0.272 e. The number of nitrogens with zero attached hydrogens (tertiary/aromatic N) is 1. The van der Waals surface area contributed by atoms with E-state index in [4.69, 9.17) is 23.2 Å². The molecule has 0 bridgehead atoms. The Morgan fingerprint density at radius 2 is 1.95 bits per heavy atom. The first kappa shape index (κ1) is 16.7. The summed E-state index contributed by atoms with van der Waals surface area (Å²) in [5.41, 5.74) is 0.0109. The molecule has 2 amide bonds. The summed E-state index contributed by atoms with van der Waals surface area (Å²) in [6.45, 7) is 3.93. The first-order valence-electron chi connectivity index (χ1n) is 6.19. The van der Waals surface area contributed by atoms with Crippen molar-refractivity contribution in [2.24, 2.45) is 5.92 Å². The molecule has 20 heavy (non-hydrogen) atoms. The Morgan fingerprint density at radius 1 is 1.30 bits per heavy atom. The van der Waals surface area contributed by atoms with Gasteiger partial charge >= 0.3 is 0 Å².